The number of carbonyl (C=O) groups excluding carboxylic acids is 1. The Morgan fingerprint density at radius 3 is 2.66 bits per heavy atom. The quantitative estimate of drug-likeness (QED) is 0.357. The molecule has 35 heavy (non-hydrogen) atoms. The molecule has 0 radical (unpaired) electrons. The Labute approximate surface area is 202 Å². The zero-order chi connectivity index (χ0) is 25.2. The van der Waals surface area contributed by atoms with Gasteiger partial charge in [-0.2, -0.15) is 5.10 Å². The molecule has 0 saturated carbocycles. The summed E-state index contributed by atoms with van der Waals surface area (Å²) in [4.78, 5) is 16.4. The van der Waals surface area contributed by atoms with Crippen LogP contribution >= 0.6 is 11.6 Å². The van der Waals surface area contributed by atoms with Crippen LogP contribution in [0, 0.1) is 11.6 Å². The third-order valence-corrected chi connectivity index (χ3v) is 5.24. The molecule has 0 aliphatic rings. The lowest BCUT2D eigenvalue weighted by atomic mass is 10.1. The van der Waals surface area contributed by atoms with Crippen molar-refractivity contribution in [3.05, 3.63) is 83.1 Å². The first-order valence-electron chi connectivity index (χ1n) is 9.71. The van der Waals surface area contributed by atoms with Gasteiger partial charge in [0.25, 0.3) is 5.91 Å². The van der Waals surface area contributed by atoms with Crippen LogP contribution in [0.25, 0.3) is 5.69 Å². The standard InChI is InChI=1S/C21H16ClF2N5O5S/c1-35(31,32)28-17-4-14(22)3-16(6-17)27-21(30)13-7-26-29(9-13)20-12(2-15(23)5-18(20)24)10-33-19-8-25-11-34-19/h2-9,11,28H,10H2,1H3,(H,27,30). The van der Waals surface area contributed by atoms with Gasteiger partial charge in [0.05, 0.1) is 23.7 Å². The van der Waals surface area contributed by atoms with Gasteiger partial charge >= 0.3 is 5.95 Å². The minimum atomic E-state index is -3.57. The monoisotopic (exact) mass is 523 g/mol. The van der Waals surface area contributed by atoms with Gasteiger partial charge in [0.2, 0.25) is 10.0 Å². The van der Waals surface area contributed by atoms with E-state index in [2.05, 4.69) is 20.1 Å². The van der Waals surface area contributed by atoms with Crippen LogP contribution in [0.15, 0.2) is 59.7 Å². The fraction of sp³-hybridized carbons (Fsp3) is 0.0952. The second kappa shape index (κ2) is 9.72. The summed E-state index contributed by atoms with van der Waals surface area (Å²) >= 11 is 6.01. The van der Waals surface area contributed by atoms with Gasteiger partial charge in [0, 0.05) is 28.5 Å². The first-order chi connectivity index (χ1) is 16.6. The van der Waals surface area contributed by atoms with Gasteiger partial charge in [0.1, 0.15) is 24.3 Å². The number of halogens is 3. The normalized spacial score (nSPS) is 11.3. The molecule has 0 saturated heterocycles. The maximum atomic E-state index is 14.7. The van der Waals surface area contributed by atoms with Crippen molar-refractivity contribution >= 4 is 38.9 Å². The van der Waals surface area contributed by atoms with E-state index < -0.39 is 27.6 Å². The van der Waals surface area contributed by atoms with E-state index >= 15 is 0 Å². The maximum Gasteiger partial charge on any atom is 0.305 e. The number of amides is 1. The van der Waals surface area contributed by atoms with E-state index in [1.54, 1.807) is 0 Å². The van der Waals surface area contributed by atoms with Crippen LogP contribution in [0.5, 0.6) is 5.95 Å². The minimum Gasteiger partial charge on any atom is -0.459 e. The molecule has 4 aromatic rings. The molecule has 1 amide bonds. The number of nitrogens with zero attached hydrogens (tertiary/aromatic N) is 3. The highest BCUT2D eigenvalue weighted by Crippen LogP contribution is 2.25. The van der Waals surface area contributed by atoms with Gasteiger partial charge in [0.15, 0.2) is 12.2 Å². The summed E-state index contributed by atoms with van der Waals surface area (Å²) in [6.45, 7) is -0.265. The molecule has 0 aliphatic heterocycles. The molecule has 10 nitrogen and oxygen atoms in total. The molecular formula is C21H16ClF2N5O5S. The first kappa shape index (κ1) is 24.2. The van der Waals surface area contributed by atoms with Gasteiger partial charge in [-0.25, -0.2) is 26.9 Å². The largest absolute Gasteiger partial charge is 0.459 e. The molecular weight excluding hydrogens is 508 g/mol. The zero-order valence-electron chi connectivity index (χ0n) is 17.8. The topological polar surface area (TPSA) is 128 Å². The van der Waals surface area contributed by atoms with Crippen molar-refractivity contribution in [2.24, 2.45) is 0 Å². The molecule has 182 valence electrons. The molecule has 4 rings (SSSR count). The summed E-state index contributed by atoms with van der Waals surface area (Å²) in [6.07, 6.45) is 5.82. The molecule has 0 unspecified atom stereocenters. The number of hydrogen-bond donors (Lipinski definition) is 2. The SMILES string of the molecule is CS(=O)(=O)Nc1cc(Cl)cc(NC(=O)c2cnn(-c3c(F)cc(F)cc3COc3cnco3)c2)c1. The van der Waals surface area contributed by atoms with Crippen molar-refractivity contribution in [2.45, 2.75) is 6.61 Å². The molecule has 2 aromatic carbocycles. The second-order valence-corrected chi connectivity index (χ2v) is 9.42. The van der Waals surface area contributed by atoms with E-state index in [1.807, 2.05) is 0 Å². The number of carbonyl (C=O) groups is 1. The number of benzene rings is 2. The number of sulfonamides is 1. The smallest absolute Gasteiger partial charge is 0.305 e. The Morgan fingerprint density at radius 2 is 1.94 bits per heavy atom. The number of anilines is 2. The predicted molar refractivity (Wildman–Crippen MR) is 122 cm³/mol. The molecule has 2 aromatic heterocycles. The van der Waals surface area contributed by atoms with E-state index in [0.29, 0.717) is 6.07 Å². The van der Waals surface area contributed by atoms with Crippen LogP contribution < -0.4 is 14.8 Å². The molecule has 2 heterocycles. The van der Waals surface area contributed by atoms with Gasteiger partial charge in [-0.1, -0.05) is 11.6 Å². The van der Waals surface area contributed by atoms with Crippen LogP contribution in [-0.4, -0.2) is 35.3 Å². The molecule has 0 fully saturated rings. The second-order valence-electron chi connectivity index (χ2n) is 7.23. The number of hydrogen-bond acceptors (Lipinski definition) is 7. The van der Waals surface area contributed by atoms with Crippen LogP contribution in [0.3, 0.4) is 0 Å². The third kappa shape index (κ3) is 6.13. The summed E-state index contributed by atoms with van der Waals surface area (Å²) in [5.74, 6) is -2.34. The molecule has 0 bridgehead atoms. The Bertz CT molecular complexity index is 1490. The van der Waals surface area contributed by atoms with Crippen LogP contribution in [-0.2, 0) is 16.6 Å². The van der Waals surface area contributed by atoms with E-state index in [9.17, 15) is 22.0 Å². The summed E-state index contributed by atoms with van der Waals surface area (Å²) < 4.78 is 65.1. The third-order valence-electron chi connectivity index (χ3n) is 4.42. The lowest BCUT2D eigenvalue weighted by Gasteiger charge is -2.11. The van der Waals surface area contributed by atoms with Crippen LogP contribution in [0.4, 0.5) is 20.2 Å². The Morgan fingerprint density at radius 1 is 1.17 bits per heavy atom. The molecule has 0 spiro atoms. The first-order valence-corrected chi connectivity index (χ1v) is 12.0. The fourth-order valence-corrected chi connectivity index (χ4v) is 3.89. The highest BCUT2D eigenvalue weighted by atomic mass is 35.5. The lowest BCUT2D eigenvalue weighted by molar-refractivity contribution is 0.102. The number of oxazole rings is 1. The number of nitrogens with one attached hydrogen (secondary N) is 2. The maximum absolute atomic E-state index is 14.7. The Kier molecular flexibility index (Phi) is 6.71. The van der Waals surface area contributed by atoms with E-state index in [0.717, 1.165) is 23.4 Å². The molecule has 0 aliphatic carbocycles. The fourth-order valence-electron chi connectivity index (χ4n) is 3.11. The Balaban J connectivity index is 1.57. The molecule has 14 heteroatoms. The lowest BCUT2D eigenvalue weighted by Crippen LogP contribution is -2.13. The van der Waals surface area contributed by atoms with Crippen molar-refractivity contribution in [1.82, 2.24) is 14.8 Å². The van der Waals surface area contributed by atoms with Crippen molar-refractivity contribution in [2.75, 3.05) is 16.3 Å². The van der Waals surface area contributed by atoms with Crippen LogP contribution in [0.1, 0.15) is 15.9 Å². The molecule has 0 atom stereocenters. The summed E-state index contributed by atoms with van der Waals surface area (Å²) in [6, 6.07) is 5.90. The molecule has 2 N–H and O–H groups in total. The van der Waals surface area contributed by atoms with Crippen molar-refractivity contribution < 1.29 is 31.1 Å². The number of ether oxygens (including phenoxy) is 1. The number of aromatic nitrogens is 3. The summed E-state index contributed by atoms with van der Waals surface area (Å²) in [7, 11) is -3.57. The van der Waals surface area contributed by atoms with E-state index in [-0.39, 0.29) is 45.8 Å². The van der Waals surface area contributed by atoms with Crippen molar-refractivity contribution in [3.8, 4) is 11.6 Å². The highest BCUT2D eigenvalue weighted by molar-refractivity contribution is 7.92. The number of rotatable bonds is 8. The average molecular weight is 524 g/mol. The van der Waals surface area contributed by atoms with Gasteiger partial charge in [-0.15, -0.1) is 0 Å². The highest BCUT2D eigenvalue weighted by Gasteiger charge is 2.18. The summed E-state index contributed by atoms with van der Waals surface area (Å²) in [5, 5.41) is 6.75. The van der Waals surface area contributed by atoms with Crippen molar-refractivity contribution in [3.63, 3.8) is 0 Å². The zero-order valence-corrected chi connectivity index (χ0v) is 19.4. The Hall–Kier alpha value is -3.97. The summed E-state index contributed by atoms with van der Waals surface area (Å²) in [5.41, 5.74) is 0.354. The minimum absolute atomic E-state index is 0.0356. The average Bonchev–Trinajstić information content (AvgIpc) is 3.42. The predicted octanol–water partition coefficient (Wildman–Crippen LogP) is 3.99. The van der Waals surface area contributed by atoms with Gasteiger partial charge in [-0.3, -0.25) is 9.52 Å². The van der Waals surface area contributed by atoms with Gasteiger partial charge < -0.3 is 14.5 Å². The van der Waals surface area contributed by atoms with Crippen molar-refractivity contribution in [1.29, 1.82) is 0 Å². The van der Waals surface area contributed by atoms with Gasteiger partial charge in [-0.05, 0) is 24.3 Å². The van der Waals surface area contributed by atoms with E-state index in [4.69, 9.17) is 20.8 Å². The van der Waals surface area contributed by atoms with E-state index in [1.165, 1.54) is 36.8 Å². The van der Waals surface area contributed by atoms with Crippen LogP contribution in [0.2, 0.25) is 5.02 Å².